The molecule has 0 unspecified atom stereocenters. The van der Waals surface area contributed by atoms with Gasteiger partial charge in [0.2, 0.25) is 10.0 Å². The van der Waals surface area contributed by atoms with Gasteiger partial charge >= 0.3 is 6.18 Å². The number of nitrogens with one attached hydrogen (secondary N) is 2. The lowest BCUT2D eigenvalue weighted by Crippen LogP contribution is -2.62. The zero-order chi connectivity index (χ0) is 22.0. The predicted molar refractivity (Wildman–Crippen MR) is 108 cm³/mol. The summed E-state index contributed by atoms with van der Waals surface area (Å²) in [6, 6.07) is 4.34. The number of rotatable bonds is 5. The van der Waals surface area contributed by atoms with E-state index in [1.165, 1.54) is 21.9 Å². The SMILES string of the molecule is Cl.O=C(NO)C1(S(=O)(=O)N2CCC(Oc3ccc(C(F)(F)F)cc3)CC2)CCNCC1. The fourth-order valence-electron chi connectivity index (χ4n) is 3.89. The Labute approximate surface area is 184 Å². The van der Waals surface area contributed by atoms with Crippen molar-refractivity contribution in [1.82, 2.24) is 15.1 Å². The van der Waals surface area contributed by atoms with E-state index in [0.29, 0.717) is 25.9 Å². The Morgan fingerprint density at radius 1 is 1.16 bits per heavy atom. The molecule has 2 saturated heterocycles. The van der Waals surface area contributed by atoms with Gasteiger partial charge in [-0.25, -0.2) is 18.2 Å². The summed E-state index contributed by atoms with van der Waals surface area (Å²) in [4.78, 5) is 12.3. The van der Waals surface area contributed by atoms with Gasteiger partial charge in [0.05, 0.1) is 5.56 Å². The van der Waals surface area contributed by atoms with Crippen LogP contribution >= 0.6 is 12.4 Å². The standard InChI is InChI=1S/C18H24F3N3O5S.ClH/c19-18(20,21)13-1-3-14(4-2-13)29-15-5-11-24(12-6-15)30(27,28)17(16(25)23-26)7-9-22-10-8-17;/h1-4,15,22,26H,5-12H2,(H,23,25);1H. The number of carbonyl (C=O) groups excluding carboxylic acids is 1. The molecule has 0 atom stereocenters. The summed E-state index contributed by atoms with van der Waals surface area (Å²) in [6.07, 6.45) is -4.04. The molecule has 2 fully saturated rings. The van der Waals surface area contributed by atoms with E-state index in [1.807, 2.05) is 0 Å². The number of ether oxygens (including phenoxy) is 1. The highest BCUT2D eigenvalue weighted by atomic mass is 35.5. The summed E-state index contributed by atoms with van der Waals surface area (Å²) in [6.45, 7) is 0.892. The van der Waals surface area contributed by atoms with Gasteiger partial charge in [0, 0.05) is 13.1 Å². The Morgan fingerprint density at radius 3 is 2.19 bits per heavy atom. The van der Waals surface area contributed by atoms with Gasteiger partial charge in [0.25, 0.3) is 5.91 Å². The smallest absolute Gasteiger partial charge is 0.416 e. The minimum Gasteiger partial charge on any atom is -0.490 e. The highest BCUT2D eigenvalue weighted by Gasteiger charge is 2.54. The van der Waals surface area contributed by atoms with Gasteiger partial charge in [0.1, 0.15) is 11.9 Å². The fourth-order valence-corrected chi connectivity index (χ4v) is 6.07. The normalized spacial score (nSPS) is 20.5. The fraction of sp³-hybridized carbons (Fsp3) is 0.611. The van der Waals surface area contributed by atoms with Crippen molar-refractivity contribution >= 4 is 28.3 Å². The largest absolute Gasteiger partial charge is 0.490 e. The first-order chi connectivity index (χ1) is 14.1. The van der Waals surface area contributed by atoms with E-state index >= 15 is 0 Å². The Balaban J connectivity index is 0.00000341. The third-order valence-corrected chi connectivity index (χ3v) is 8.27. The Kier molecular flexibility index (Phi) is 8.20. The molecule has 13 heteroatoms. The van der Waals surface area contributed by atoms with Crippen molar-refractivity contribution in [3.8, 4) is 5.75 Å². The number of benzene rings is 1. The molecule has 0 radical (unpaired) electrons. The number of halogens is 4. The zero-order valence-electron chi connectivity index (χ0n) is 16.5. The number of hydroxylamine groups is 1. The number of sulfonamides is 1. The van der Waals surface area contributed by atoms with E-state index in [-0.39, 0.29) is 50.2 Å². The second-order valence-corrected chi connectivity index (χ2v) is 9.68. The van der Waals surface area contributed by atoms with Crippen LogP contribution in [-0.2, 0) is 21.0 Å². The van der Waals surface area contributed by atoms with Crippen LogP contribution in [-0.4, -0.2) is 60.9 Å². The number of hydrogen-bond donors (Lipinski definition) is 3. The van der Waals surface area contributed by atoms with Crippen LogP contribution < -0.4 is 15.5 Å². The maximum Gasteiger partial charge on any atom is 0.416 e. The first kappa shape index (κ1) is 25.7. The number of alkyl halides is 3. The quantitative estimate of drug-likeness (QED) is 0.432. The predicted octanol–water partition coefficient (Wildman–Crippen LogP) is 1.93. The van der Waals surface area contributed by atoms with Crippen molar-refractivity contribution in [2.24, 2.45) is 0 Å². The van der Waals surface area contributed by atoms with Crippen molar-refractivity contribution in [2.75, 3.05) is 26.2 Å². The monoisotopic (exact) mass is 487 g/mol. The molecule has 1 aromatic rings. The highest BCUT2D eigenvalue weighted by molar-refractivity contribution is 7.91. The maximum atomic E-state index is 13.2. The minimum absolute atomic E-state index is 0. The van der Waals surface area contributed by atoms with E-state index in [2.05, 4.69) is 5.32 Å². The molecule has 0 aromatic heterocycles. The van der Waals surface area contributed by atoms with E-state index in [0.717, 1.165) is 12.1 Å². The van der Waals surface area contributed by atoms with Crippen LogP contribution in [0.5, 0.6) is 5.75 Å². The summed E-state index contributed by atoms with van der Waals surface area (Å²) in [5.74, 6) is -0.661. The van der Waals surface area contributed by atoms with Crippen molar-refractivity contribution in [2.45, 2.75) is 42.7 Å². The Hall–Kier alpha value is -1.60. The topological polar surface area (TPSA) is 108 Å². The molecule has 1 amide bonds. The first-order valence-corrected chi connectivity index (χ1v) is 11.0. The van der Waals surface area contributed by atoms with Crippen LogP contribution in [0.1, 0.15) is 31.2 Å². The molecule has 0 spiro atoms. The van der Waals surface area contributed by atoms with Crippen LogP contribution in [0.2, 0.25) is 0 Å². The van der Waals surface area contributed by atoms with E-state index in [1.54, 1.807) is 0 Å². The average molecular weight is 488 g/mol. The van der Waals surface area contributed by atoms with E-state index < -0.39 is 32.4 Å². The maximum absolute atomic E-state index is 13.2. The van der Waals surface area contributed by atoms with Crippen LogP contribution in [0.15, 0.2) is 24.3 Å². The Morgan fingerprint density at radius 2 is 1.71 bits per heavy atom. The lowest BCUT2D eigenvalue weighted by Gasteiger charge is -2.40. The molecule has 0 aliphatic carbocycles. The summed E-state index contributed by atoms with van der Waals surface area (Å²) >= 11 is 0. The third kappa shape index (κ3) is 5.25. The molecule has 2 aliphatic heterocycles. The van der Waals surface area contributed by atoms with Crippen LogP contribution in [0, 0.1) is 0 Å². The van der Waals surface area contributed by atoms with Crippen molar-refractivity contribution in [1.29, 1.82) is 0 Å². The van der Waals surface area contributed by atoms with Crippen molar-refractivity contribution in [3.63, 3.8) is 0 Å². The summed E-state index contributed by atoms with van der Waals surface area (Å²) < 4.78 is 69.6. The van der Waals surface area contributed by atoms with Gasteiger partial charge < -0.3 is 10.1 Å². The lowest BCUT2D eigenvalue weighted by atomic mass is 9.96. The van der Waals surface area contributed by atoms with Gasteiger partial charge in [0.15, 0.2) is 4.75 Å². The molecule has 3 rings (SSSR count). The van der Waals surface area contributed by atoms with Crippen molar-refractivity contribution in [3.05, 3.63) is 29.8 Å². The molecule has 2 aliphatic rings. The molecule has 2 heterocycles. The van der Waals surface area contributed by atoms with Crippen LogP contribution in [0.25, 0.3) is 0 Å². The molecule has 31 heavy (non-hydrogen) atoms. The molecule has 8 nitrogen and oxygen atoms in total. The minimum atomic E-state index is -4.43. The van der Waals surface area contributed by atoms with Gasteiger partial charge in [-0.3, -0.25) is 10.0 Å². The van der Waals surface area contributed by atoms with Crippen molar-refractivity contribution < 1.29 is 36.3 Å². The lowest BCUT2D eigenvalue weighted by molar-refractivity contribution is -0.137. The third-order valence-electron chi connectivity index (χ3n) is 5.65. The second-order valence-electron chi connectivity index (χ2n) is 7.43. The van der Waals surface area contributed by atoms with E-state index in [9.17, 15) is 26.4 Å². The van der Waals surface area contributed by atoms with Gasteiger partial charge in [-0.1, -0.05) is 0 Å². The number of piperidine rings is 2. The summed E-state index contributed by atoms with van der Waals surface area (Å²) in [7, 11) is -4.04. The Bertz CT molecular complexity index is 853. The summed E-state index contributed by atoms with van der Waals surface area (Å²) in [5, 5.41) is 12.1. The molecule has 1 aromatic carbocycles. The molecule has 0 bridgehead atoms. The van der Waals surface area contributed by atoms with Gasteiger partial charge in [-0.05, 0) is 63.0 Å². The zero-order valence-corrected chi connectivity index (χ0v) is 18.2. The molecular formula is C18H25ClF3N3O5S. The molecule has 176 valence electrons. The number of amides is 1. The molecular weight excluding hydrogens is 463 g/mol. The highest BCUT2D eigenvalue weighted by Crippen LogP contribution is 2.34. The average Bonchev–Trinajstić information content (AvgIpc) is 2.73. The number of nitrogens with zero attached hydrogens (tertiary/aromatic N) is 1. The first-order valence-electron chi connectivity index (χ1n) is 9.59. The second kappa shape index (κ2) is 9.90. The molecule has 3 N–H and O–H groups in total. The number of hydrogen-bond acceptors (Lipinski definition) is 6. The van der Waals surface area contributed by atoms with Gasteiger partial charge in [-0.2, -0.15) is 13.2 Å². The molecule has 0 saturated carbocycles. The summed E-state index contributed by atoms with van der Waals surface area (Å²) in [5.41, 5.74) is 0.727. The van der Waals surface area contributed by atoms with Gasteiger partial charge in [-0.15, -0.1) is 12.4 Å². The number of carbonyl (C=O) groups is 1. The van der Waals surface area contributed by atoms with Crippen LogP contribution in [0.4, 0.5) is 13.2 Å². The van der Waals surface area contributed by atoms with Crippen LogP contribution in [0.3, 0.4) is 0 Å². The van der Waals surface area contributed by atoms with E-state index in [4.69, 9.17) is 9.94 Å².